The highest BCUT2D eigenvalue weighted by molar-refractivity contribution is 4.99. The van der Waals surface area contributed by atoms with E-state index in [-0.39, 0.29) is 5.54 Å². The van der Waals surface area contributed by atoms with Gasteiger partial charge in [-0.05, 0) is 58.6 Å². The summed E-state index contributed by atoms with van der Waals surface area (Å²) in [5.41, 5.74) is 1.57. The zero-order chi connectivity index (χ0) is 12.9. The summed E-state index contributed by atoms with van der Waals surface area (Å²) in [5, 5.41) is 7.73. The van der Waals surface area contributed by atoms with Gasteiger partial charge in [0.05, 0.1) is 0 Å². The van der Waals surface area contributed by atoms with Crippen molar-refractivity contribution in [3.63, 3.8) is 0 Å². The van der Waals surface area contributed by atoms with E-state index < -0.39 is 0 Å². The number of nitrogens with zero attached hydrogens (tertiary/aromatic N) is 2. The van der Waals surface area contributed by atoms with E-state index in [1.807, 2.05) is 17.9 Å². The van der Waals surface area contributed by atoms with Crippen LogP contribution in [0.2, 0.25) is 0 Å². The smallest absolute Gasteiger partial charge is 0.0492 e. The Kier molecular flexibility index (Phi) is 5.19. The van der Waals surface area contributed by atoms with Crippen molar-refractivity contribution in [1.82, 2.24) is 15.1 Å². The molecule has 1 heterocycles. The van der Waals surface area contributed by atoms with Crippen LogP contribution in [0.25, 0.3) is 0 Å². The molecule has 1 rings (SSSR count). The van der Waals surface area contributed by atoms with E-state index in [0.717, 1.165) is 18.9 Å². The summed E-state index contributed by atoms with van der Waals surface area (Å²) < 4.78 is 1.97. The molecule has 0 saturated heterocycles. The first-order valence-corrected chi connectivity index (χ1v) is 6.60. The third-order valence-corrected chi connectivity index (χ3v) is 3.11. The molecule has 0 aliphatic rings. The fraction of sp³-hybridized carbons (Fsp3) is 0.786. The Morgan fingerprint density at radius 3 is 2.59 bits per heavy atom. The summed E-state index contributed by atoms with van der Waals surface area (Å²) in [6, 6.07) is 2.11. The Bertz CT molecular complexity index is 322. The summed E-state index contributed by atoms with van der Waals surface area (Å²) >= 11 is 0. The maximum absolute atomic E-state index is 4.19. The SMILES string of the molecule is CC(CCNC(C)(C)C)CCc1ccnn1C. The van der Waals surface area contributed by atoms with Gasteiger partial charge in [-0.2, -0.15) is 5.10 Å². The third kappa shape index (κ3) is 5.87. The number of hydrogen-bond donors (Lipinski definition) is 1. The molecule has 0 aliphatic carbocycles. The van der Waals surface area contributed by atoms with Gasteiger partial charge in [-0.3, -0.25) is 4.68 Å². The van der Waals surface area contributed by atoms with Gasteiger partial charge in [-0.1, -0.05) is 6.92 Å². The van der Waals surface area contributed by atoms with Gasteiger partial charge in [-0.15, -0.1) is 0 Å². The van der Waals surface area contributed by atoms with Gasteiger partial charge in [0.15, 0.2) is 0 Å². The first-order chi connectivity index (χ1) is 7.88. The standard InChI is InChI=1S/C14H27N3/c1-12(8-10-15-14(2,3)4)6-7-13-9-11-16-17(13)5/h9,11-12,15H,6-8,10H2,1-5H3. The summed E-state index contributed by atoms with van der Waals surface area (Å²) in [4.78, 5) is 0. The van der Waals surface area contributed by atoms with Crippen LogP contribution < -0.4 is 5.32 Å². The molecule has 0 radical (unpaired) electrons. The highest BCUT2D eigenvalue weighted by Gasteiger charge is 2.10. The lowest BCUT2D eigenvalue weighted by Crippen LogP contribution is -2.36. The molecule has 0 bridgehead atoms. The summed E-state index contributed by atoms with van der Waals surface area (Å²) in [7, 11) is 2.02. The molecule has 0 saturated carbocycles. The molecule has 0 aromatic carbocycles. The van der Waals surface area contributed by atoms with Crippen LogP contribution in [0.4, 0.5) is 0 Å². The van der Waals surface area contributed by atoms with Gasteiger partial charge in [0.1, 0.15) is 0 Å². The quantitative estimate of drug-likeness (QED) is 0.824. The third-order valence-electron chi connectivity index (χ3n) is 3.11. The lowest BCUT2D eigenvalue weighted by molar-refractivity contribution is 0.385. The molecule has 3 heteroatoms. The van der Waals surface area contributed by atoms with Crippen LogP contribution >= 0.6 is 0 Å². The average molecular weight is 237 g/mol. The average Bonchev–Trinajstić information content (AvgIpc) is 2.59. The molecule has 1 aromatic rings. The molecule has 98 valence electrons. The Balaban J connectivity index is 2.18. The van der Waals surface area contributed by atoms with Crippen molar-refractivity contribution >= 4 is 0 Å². The monoisotopic (exact) mass is 237 g/mol. The molecular weight excluding hydrogens is 210 g/mol. The zero-order valence-corrected chi connectivity index (χ0v) is 12.0. The minimum absolute atomic E-state index is 0.238. The van der Waals surface area contributed by atoms with Crippen LogP contribution in [0.1, 0.15) is 46.2 Å². The van der Waals surface area contributed by atoms with E-state index in [1.165, 1.54) is 18.5 Å². The minimum Gasteiger partial charge on any atom is -0.312 e. The number of nitrogens with one attached hydrogen (secondary N) is 1. The largest absolute Gasteiger partial charge is 0.312 e. The fourth-order valence-corrected chi connectivity index (χ4v) is 1.88. The second-order valence-electron chi connectivity index (χ2n) is 6.06. The second kappa shape index (κ2) is 6.20. The predicted octanol–water partition coefficient (Wildman–Crippen LogP) is 2.77. The molecule has 1 aromatic heterocycles. The van der Waals surface area contributed by atoms with Crippen molar-refractivity contribution < 1.29 is 0 Å². The van der Waals surface area contributed by atoms with Crippen LogP contribution in [0, 0.1) is 5.92 Å². The number of aromatic nitrogens is 2. The van der Waals surface area contributed by atoms with E-state index in [9.17, 15) is 0 Å². The van der Waals surface area contributed by atoms with Crippen LogP contribution in [0.3, 0.4) is 0 Å². The van der Waals surface area contributed by atoms with Crippen molar-refractivity contribution in [2.24, 2.45) is 13.0 Å². The Morgan fingerprint density at radius 2 is 2.06 bits per heavy atom. The maximum atomic E-state index is 4.19. The van der Waals surface area contributed by atoms with Crippen molar-refractivity contribution in [3.8, 4) is 0 Å². The van der Waals surface area contributed by atoms with Crippen LogP contribution in [-0.4, -0.2) is 21.9 Å². The highest BCUT2D eigenvalue weighted by Crippen LogP contribution is 2.12. The molecule has 1 unspecified atom stereocenters. The zero-order valence-electron chi connectivity index (χ0n) is 12.0. The van der Waals surface area contributed by atoms with Crippen molar-refractivity contribution in [2.75, 3.05) is 6.54 Å². The first-order valence-electron chi connectivity index (χ1n) is 6.60. The van der Waals surface area contributed by atoms with Gasteiger partial charge in [0.2, 0.25) is 0 Å². The van der Waals surface area contributed by atoms with E-state index in [1.54, 1.807) is 0 Å². The molecule has 3 nitrogen and oxygen atoms in total. The second-order valence-corrected chi connectivity index (χ2v) is 6.06. The van der Waals surface area contributed by atoms with Crippen molar-refractivity contribution in [1.29, 1.82) is 0 Å². The van der Waals surface area contributed by atoms with Crippen molar-refractivity contribution in [2.45, 2.75) is 52.5 Å². The van der Waals surface area contributed by atoms with Gasteiger partial charge in [-0.25, -0.2) is 0 Å². The number of hydrogen-bond acceptors (Lipinski definition) is 2. The van der Waals surface area contributed by atoms with Crippen molar-refractivity contribution in [3.05, 3.63) is 18.0 Å². The van der Waals surface area contributed by atoms with Gasteiger partial charge >= 0.3 is 0 Å². The molecule has 1 N–H and O–H groups in total. The normalized spacial score (nSPS) is 13.9. The lowest BCUT2D eigenvalue weighted by atomic mass is 9.99. The molecule has 0 spiro atoms. The summed E-state index contributed by atoms with van der Waals surface area (Å²) in [6.45, 7) is 10.1. The van der Waals surface area contributed by atoms with E-state index in [2.05, 4.69) is 44.2 Å². The maximum Gasteiger partial charge on any atom is 0.0492 e. The first kappa shape index (κ1) is 14.2. The predicted molar refractivity (Wildman–Crippen MR) is 73.1 cm³/mol. The molecule has 0 fully saturated rings. The Hall–Kier alpha value is -0.830. The van der Waals surface area contributed by atoms with Crippen LogP contribution in [0.15, 0.2) is 12.3 Å². The van der Waals surface area contributed by atoms with Crippen LogP contribution in [-0.2, 0) is 13.5 Å². The molecule has 0 amide bonds. The van der Waals surface area contributed by atoms with E-state index in [4.69, 9.17) is 0 Å². The summed E-state index contributed by atoms with van der Waals surface area (Å²) in [5.74, 6) is 0.764. The van der Waals surface area contributed by atoms with E-state index in [0.29, 0.717) is 0 Å². The molecular formula is C14H27N3. The minimum atomic E-state index is 0.238. The fourth-order valence-electron chi connectivity index (χ4n) is 1.88. The summed E-state index contributed by atoms with van der Waals surface area (Å²) in [6.07, 6.45) is 5.49. The van der Waals surface area contributed by atoms with E-state index >= 15 is 0 Å². The van der Waals surface area contributed by atoms with Gasteiger partial charge in [0.25, 0.3) is 0 Å². The van der Waals surface area contributed by atoms with Gasteiger partial charge < -0.3 is 5.32 Å². The van der Waals surface area contributed by atoms with Gasteiger partial charge in [0, 0.05) is 24.5 Å². The highest BCUT2D eigenvalue weighted by atomic mass is 15.2. The Morgan fingerprint density at radius 1 is 1.35 bits per heavy atom. The Labute approximate surface area is 106 Å². The number of aryl methyl sites for hydroxylation is 2. The lowest BCUT2D eigenvalue weighted by Gasteiger charge is -2.22. The van der Waals surface area contributed by atoms with Crippen LogP contribution in [0.5, 0.6) is 0 Å². The molecule has 1 atom stereocenters. The topological polar surface area (TPSA) is 29.9 Å². The molecule has 17 heavy (non-hydrogen) atoms. The number of rotatable bonds is 6. The molecule has 0 aliphatic heterocycles.